The number of rotatable bonds is 6. The molecule has 0 bridgehead atoms. The predicted octanol–water partition coefficient (Wildman–Crippen LogP) is 5.59. The molecule has 0 saturated heterocycles. The summed E-state index contributed by atoms with van der Waals surface area (Å²) >= 11 is 0. The molecule has 0 aromatic carbocycles. The number of hydrogen-bond acceptors (Lipinski definition) is 0. The zero-order chi connectivity index (χ0) is 12.4. The van der Waals surface area contributed by atoms with Crippen LogP contribution in [0.1, 0.15) is 53.9 Å². The minimum Gasteiger partial charge on any atom is -0.0847 e. The smallest absolute Gasteiger partial charge is 0.0307 e. The van der Waals surface area contributed by atoms with Crippen molar-refractivity contribution in [1.82, 2.24) is 0 Å². The summed E-state index contributed by atoms with van der Waals surface area (Å²) in [6.45, 7) is 10.8. The quantitative estimate of drug-likeness (QED) is 0.510. The van der Waals surface area contributed by atoms with Gasteiger partial charge in [0.2, 0.25) is 0 Å². The zero-order valence-electron chi connectivity index (χ0n) is 11.5. The first-order valence-corrected chi connectivity index (χ1v) is 6.38. The van der Waals surface area contributed by atoms with Crippen molar-refractivity contribution in [2.45, 2.75) is 53.9 Å². The highest BCUT2D eigenvalue weighted by molar-refractivity contribution is 5.34. The Morgan fingerprint density at radius 3 is 2.00 bits per heavy atom. The molecule has 0 fully saturated rings. The first kappa shape index (κ1) is 15.0. The molecule has 0 amide bonds. The van der Waals surface area contributed by atoms with E-state index in [2.05, 4.69) is 65.0 Å². The molecule has 0 saturated carbocycles. The lowest BCUT2D eigenvalue weighted by atomic mass is 10.0. The van der Waals surface area contributed by atoms with Crippen LogP contribution < -0.4 is 0 Å². The highest BCUT2D eigenvalue weighted by Gasteiger charge is 1.93. The molecule has 0 aliphatic rings. The molecule has 0 aliphatic carbocycles. The normalized spacial score (nSPS) is 14.9. The van der Waals surface area contributed by atoms with E-state index in [-0.39, 0.29) is 0 Å². The van der Waals surface area contributed by atoms with E-state index in [1.807, 2.05) is 0 Å². The molecule has 16 heavy (non-hydrogen) atoms. The maximum Gasteiger partial charge on any atom is -0.0307 e. The van der Waals surface area contributed by atoms with Crippen molar-refractivity contribution in [1.29, 1.82) is 0 Å². The first-order chi connectivity index (χ1) is 7.67. The summed E-state index contributed by atoms with van der Waals surface area (Å²) in [5.41, 5.74) is 4.16. The summed E-state index contributed by atoms with van der Waals surface area (Å²) in [6, 6.07) is 0. The zero-order valence-corrected chi connectivity index (χ0v) is 11.5. The Bertz CT molecular complexity index is 298. The van der Waals surface area contributed by atoms with Gasteiger partial charge in [0.15, 0.2) is 0 Å². The molecule has 0 rings (SSSR count). The van der Waals surface area contributed by atoms with E-state index < -0.39 is 0 Å². The van der Waals surface area contributed by atoms with Gasteiger partial charge >= 0.3 is 0 Å². The van der Waals surface area contributed by atoms with Crippen molar-refractivity contribution < 1.29 is 0 Å². The molecule has 0 radical (unpaired) electrons. The molecule has 0 aliphatic heterocycles. The number of allylic oxidation sites excluding steroid dienone is 8. The van der Waals surface area contributed by atoms with E-state index in [9.17, 15) is 0 Å². The van der Waals surface area contributed by atoms with Crippen LogP contribution in [-0.2, 0) is 0 Å². The highest BCUT2D eigenvalue weighted by atomic mass is 14.0. The largest absolute Gasteiger partial charge is 0.0847 e. The van der Waals surface area contributed by atoms with Gasteiger partial charge in [0.25, 0.3) is 0 Å². The fourth-order valence-corrected chi connectivity index (χ4v) is 1.40. The Hall–Kier alpha value is -1.04. The minimum atomic E-state index is 1.09. The topological polar surface area (TPSA) is 0 Å². The van der Waals surface area contributed by atoms with Crippen molar-refractivity contribution in [2.75, 3.05) is 0 Å². The van der Waals surface area contributed by atoms with Gasteiger partial charge in [0.1, 0.15) is 0 Å². The average Bonchev–Trinajstić information content (AvgIpc) is 2.32. The van der Waals surface area contributed by atoms with Gasteiger partial charge in [-0.1, -0.05) is 56.7 Å². The third-order valence-corrected chi connectivity index (χ3v) is 2.62. The lowest BCUT2D eigenvalue weighted by Gasteiger charge is -2.02. The van der Waals surface area contributed by atoms with E-state index >= 15 is 0 Å². The Balaban J connectivity index is 4.90. The van der Waals surface area contributed by atoms with E-state index in [1.54, 1.807) is 0 Å². The van der Waals surface area contributed by atoms with Crippen LogP contribution in [0.15, 0.2) is 47.1 Å². The van der Waals surface area contributed by atoms with Crippen LogP contribution in [0.2, 0.25) is 0 Å². The van der Waals surface area contributed by atoms with Crippen LogP contribution in [0.25, 0.3) is 0 Å². The summed E-state index contributed by atoms with van der Waals surface area (Å²) < 4.78 is 0. The predicted molar refractivity (Wildman–Crippen MR) is 75.6 cm³/mol. The van der Waals surface area contributed by atoms with Crippen LogP contribution in [0.4, 0.5) is 0 Å². The fourth-order valence-electron chi connectivity index (χ4n) is 1.40. The van der Waals surface area contributed by atoms with Gasteiger partial charge in [-0.15, -0.1) is 0 Å². The van der Waals surface area contributed by atoms with Crippen LogP contribution in [-0.4, -0.2) is 0 Å². The third kappa shape index (κ3) is 6.44. The van der Waals surface area contributed by atoms with Crippen molar-refractivity contribution in [3.8, 4) is 0 Å². The van der Waals surface area contributed by atoms with Gasteiger partial charge in [-0.2, -0.15) is 0 Å². The van der Waals surface area contributed by atoms with E-state index in [1.165, 1.54) is 16.7 Å². The minimum absolute atomic E-state index is 1.09. The van der Waals surface area contributed by atoms with Crippen molar-refractivity contribution in [2.24, 2.45) is 0 Å². The fraction of sp³-hybridized carbons (Fsp3) is 0.500. The monoisotopic (exact) mass is 218 g/mol. The van der Waals surface area contributed by atoms with Crippen LogP contribution in [0.5, 0.6) is 0 Å². The van der Waals surface area contributed by atoms with Gasteiger partial charge in [0, 0.05) is 0 Å². The van der Waals surface area contributed by atoms with Crippen LogP contribution in [0, 0.1) is 0 Å². The molecular formula is C16H26. The average molecular weight is 218 g/mol. The SMILES string of the molecule is CC=C(C)C=C(C=C(C=CCC)CC)CC. The molecule has 0 aromatic heterocycles. The Kier molecular flexibility index (Phi) is 8.61. The molecule has 0 heterocycles. The third-order valence-electron chi connectivity index (χ3n) is 2.62. The summed E-state index contributed by atoms with van der Waals surface area (Å²) in [5.74, 6) is 0. The summed E-state index contributed by atoms with van der Waals surface area (Å²) in [4.78, 5) is 0. The maximum absolute atomic E-state index is 2.32. The second kappa shape index (κ2) is 9.21. The molecular weight excluding hydrogens is 192 g/mol. The molecule has 90 valence electrons. The Labute approximate surface area is 101 Å². The van der Waals surface area contributed by atoms with E-state index in [0.29, 0.717) is 0 Å². The molecule has 0 atom stereocenters. The first-order valence-electron chi connectivity index (χ1n) is 6.38. The molecule has 0 spiro atoms. The second-order valence-corrected chi connectivity index (χ2v) is 3.99. The Morgan fingerprint density at radius 2 is 1.56 bits per heavy atom. The molecule has 0 heteroatoms. The Morgan fingerprint density at radius 1 is 0.938 bits per heavy atom. The lowest BCUT2D eigenvalue weighted by molar-refractivity contribution is 1.09. The van der Waals surface area contributed by atoms with Gasteiger partial charge in [-0.05, 0) is 44.3 Å². The lowest BCUT2D eigenvalue weighted by Crippen LogP contribution is -1.82. The summed E-state index contributed by atoms with van der Waals surface area (Å²) in [5, 5.41) is 0. The van der Waals surface area contributed by atoms with Gasteiger partial charge < -0.3 is 0 Å². The number of hydrogen-bond donors (Lipinski definition) is 0. The second-order valence-electron chi connectivity index (χ2n) is 3.99. The molecule has 0 nitrogen and oxygen atoms in total. The highest BCUT2D eigenvalue weighted by Crippen LogP contribution is 2.13. The van der Waals surface area contributed by atoms with E-state index in [0.717, 1.165) is 19.3 Å². The van der Waals surface area contributed by atoms with Gasteiger partial charge in [0.05, 0.1) is 0 Å². The molecule has 0 N–H and O–H groups in total. The van der Waals surface area contributed by atoms with Gasteiger partial charge in [-0.25, -0.2) is 0 Å². The molecule has 0 unspecified atom stereocenters. The van der Waals surface area contributed by atoms with Crippen molar-refractivity contribution in [3.63, 3.8) is 0 Å². The van der Waals surface area contributed by atoms with Crippen LogP contribution >= 0.6 is 0 Å². The van der Waals surface area contributed by atoms with Crippen molar-refractivity contribution in [3.05, 3.63) is 47.1 Å². The van der Waals surface area contributed by atoms with Crippen molar-refractivity contribution >= 4 is 0 Å². The summed E-state index contributed by atoms with van der Waals surface area (Å²) in [7, 11) is 0. The summed E-state index contributed by atoms with van der Waals surface area (Å²) in [6.07, 6.45) is 14.5. The maximum atomic E-state index is 2.32. The van der Waals surface area contributed by atoms with Gasteiger partial charge in [-0.3, -0.25) is 0 Å². The molecule has 0 aromatic rings. The standard InChI is InChI=1S/C16H26/c1-6-10-11-15(8-3)13-16(9-4)12-14(5)7-2/h7,10-13H,6,8-9H2,1-5H3. The van der Waals surface area contributed by atoms with Crippen LogP contribution in [0.3, 0.4) is 0 Å². The van der Waals surface area contributed by atoms with E-state index in [4.69, 9.17) is 0 Å².